The number of aromatic nitrogens is 6. The third kappa shape index (κ3) is 3.00. The minimum absolute atomic E-state index is 0.670. The summed E-state index contributed by atoms with van der Waals surface area (Å²) in [5, 5.41) is 14.2. The molecule has 0 saturated carbocycles. The van der Waals surface area contributed by atoms with Crippen LogP contribution in [0.1, 0.15) is 16.3 Å². The zero-order valence-corrected chi connectivity index (χ0v) is 17.4. The highest BCUT2D eigenvalue weighted by molar-refractivity contribution is 7.17. The molecule has 30 heavy (non-hydrogen) atoms. The molecule has 0 atom stereocenters. The molecule has 5 aromatic rings. The first-order chi connectivity index (χ1) is 14.7. The summed E-state index contributed by atoms with van der Waals surface area (Å²) in [6.45, 7) is 1.97. The van der Waals surface area contributed by atoms with E-state index in [1.807, 2.05) is 66.1 Å². The van der Waals surface area contributed by atoms with E-state index in [0.717, 1.165) is 32.6 Å². The summed E-state index contributed by atoms with van der Waals surface area (Å²) in [6.07, 6.45) is 5.90. The Bertz CT molecular complexity index is 1400. The van der Waals surface area contributed by atoms with Gasteiger partial charge >= 0.3 is 0 Å². The third-order valence-electron chi connectivity index (χ3n) is 4.75. The van der Waals surface area contributed by atoms with E-state index in [4.69, 9.17) is 14.6 Å². The molecule has 0 fully saturated rings. The van der Waals surface area contributed by atoms with E-state index < -0.39 is 0 Å². The normalized spacial score (nSPS) is 11.7. The average Bonchev–Trinajstić information content (AvgIpc) is 3.43. The topological polar surface area (TPSA) is 78.8 Å². The Morgan fingerprint density at radius 3 is 2.70 bits per heavy atom. The van der Waals surface area contributed by atoms with E-state index in [1.54, 1.807) is 18.7 Å². The summed E-state index contributed by atoms with van der Waals surface area (Å²) in [4.78, 5) is 5.33. The zero-order chi connectivity index (χ0) is 20.7. The Labute approximate surface area is 176 Å². The maximum absolute atomic E-state index is 5.37. The number of methoxy groups -OCH3 is 2. The fourth-order valence-electron chi connectivity index (χ4n) is 3.35. The van der Waals surface area contributed by atoms with E-state index in [1.165, 1.54) is 11.3 Å². The van der Waals surface area contributed by atoms with Gasteiger partial charge in [0.05, 0.1) is 19.9 Å². The summed E-state index contributed by atoms with van der Waals surface area (Å²) >= 11 is 1.47. The quantitative estimate of drug-likeness (QED) is 0.429. The van der Waals surface area contributed by atoms with Crippen molar-refractivity contribution >= 4 is 34.1 Å². The molecular weight excluding hydrogens is 400 g/mol. The maximum atomic E-state index is 5.37. The van der Waals surface area contributed by atoms with Gasteiger partial charge in [0.15, 0.2) is 11.5 Å². The molecule has 0 unspecified atom stereocenters. The van der Waals surface area contributed by atoms with E-state index in [2.05, 4.69) is 15.2 Å². The third-order valence-corrected chi connectivity index (χ3v) is 5.61. The Morgan fingerprint density at radius 1 is 1.00 bits per heavy atom. The molecule has 0 bridgehead atoms. The predicted molar refractivity (Wildman–Crippen MR) is 116 cm³/mol. The summed E-state index contributed by atoms with van der Waals surface area (Å²) < 4.78 is 14.4. The number of ether oxygens (including phenoxy) is 2. The number of rotatable bonds is 5. The first-order valence-corrected chi connectivity index (χ1v) is 10.1. The number of fused-ring (bicyclic) bond motifs is 2. The average molecular weight is 418 g/mol. The lowest BCUT2D eigenvalue weighted by Gasteiger charge is -2.07. The second kappa shape index (κ2) is 7.27. The number of nitrogens with zero attached hydrogens (tertiary/aromatic N) is 6. The molecule has 0 saturated heterocycles. The molecule has 1 aromatic carbocycles. The van der Waals surface area contributed by atoms with E-state index in [0.29, 0.717) is 17.3 Å². The Hall–Kier alpha value is -3.72. The van der Waals surface area contributed by atoms with Gasteiger partial charge in [-0.3, -0.25) is 4.40 Å². The molecule has 8 nitrogen and oxygen atoms in total. The lowest BCUT2D eigenvalue weighted by molar-refractivity contribution is 0.355. The molecule has 0 aliphatic carbocycles. The molecule has 150 valence electrons. The minimum Gasteiger partial charge on any atom is -0.493 e. The van der Waals surface area contributed by atoms with Crippen LogP contribution in [0.4, 0.5) is 0 Å². The van der Waals surface area contributed by atoms with Crippen molar-refractivity contribution in [2.24, 2.45) is 0 Å². The number of hydrogen-bond donors (Lipinski definition) is 0. The van der Waals surface area contributed by atoms with Crippen molar-refractivity contribution in [3.8, 4) is 23.0 Å². The monoisotopic (exact) mass is 418 g/mol. The molecule has 0 radical (unpaired) electrons. The highest BCUT2D eigenvalue weighted by atomic mass is 32.1. The van der Waals surface area contributed by atoms with Crippen molar-refractivity contribution in [2.45, 2.75) is 6.92 Å². The standard InChI is InChI=1S/C21H18N6O2S/c1-13-19(26-11-5-4-6-17(26)22-13)20-23-24-21-27(20)25-18(30-21)10-8-14-7-9-15(28-2)16(12-14)29-3/h4-12H,1-3H3/b10-8+. The van der Waals surface area contributed by atoms with Gasteiger partial charge in [-0.05, 0) is 42.8 Å². The van der Waals surface area contributed by atoms with Crippen LogP contribution >= 0.6 is 11.3 Å². The first kappa shape index (κ1) is 18.3. The van der Waals surface area contributed by atoms with Crippen molar-refractivity contribution in [1.82, 2.24) is 29.2 Å². The number of hydrogen-bond acceptors (Lipinski definition) is 7. The summed E-state index contributed by atoms with van der Waals surface area (Å²) in [6, 6.07) is 11.7. The van der Waals surface area contributed by atoms with Gasteiger partial charge in [0.1, 0.15) is 16.3 Å². The molecule has 9 heteroatoms. The second-order valence-electron chi connectivity index (χ2n) is 6.58. The SMILES string of the molecule is COc1ccc(/C=C/c2nn3c(-c4c(C)nc5ccccn45)nnc3s2)cc1OC. The van der Waals surface area contributed by atoms with Crippen molar-refractivity contribution in [3.05, 3.63) is 58.9 Å². The van der Waals surface area contributed by atoms with Crippen LogP contribution in [0, 0.1) is 6.92 Å². The number of imidazole rings is 1. The summed E-state index contributed by atoms with van der Waals surface area (Å²) in [7, 11) is 3.24. The molecule has 4 aromatic heterocycles. The second-order valence-corrected chi connectivity index (χ2v) is 7.57. The van der Waals surface area contributed by atoms with Gasteiger partial charge in [0, 0.05) is 6.20 Å². The number of benzene rings is 1. The molecule has 0 spiro atoms. The van der Waals surface area contributed by atoms with Gasteiger partial charge < -0.3 is 9.47 Å². The van der Waals surface area contributed by atoms with Crippen molar-refractivity contribution in [2.75, 3.05) is 14.2 Å². The molecule has 0 amide bonds. The zero-order valence-electron chi connectivity index (χ0n) is 16.6. The highest BCUT2D eigenvalue weighted by Crippen LogP contribution is 2.29. The molecular formula is C21H18N6O2S. The van der Waals surface area contributed by atoms with E-state index in [-0.39, 0.29) is 0 Å². The molecule has 4 heterocycles. The van der Waals surface area contributed by atoms with Gasteiger partial charge in [-0.1, -0.05) is 29.5 Å². The van der Waals surface area contributed by atoms with Crippen molar-refractivity contribution in [3.63, 3.8) is 0 Å². The van der Waals surface area contributed by atoms with Crippen LogP contribution in [0.5, 0.6) is 11.5 Å². The Kier molecular flexibility index (Phi) is 4.44. The van der Waals surface area contributed by atoms with Crippen LogP contribution in [0.25, 0.3) is 34.3 Å². The van der Waals surface area contributed by atoms with Crippen LogP contribution in [0.3, 0.4) is 0 Å². The largest absolute Gasteiger partial charge is 0.493 e. The predicted octanol–water partition coefficient (Wildman–Crippen LogP) is 4.00. The highest BCUT2D eigenvalue weighted by Gasteiger charge is 2.19. The fraction of sp³-hybridized carbons (Fsp3) is 0.143. The minimum atomic E-state index is 0.670. The maximum Gasteiger partial charge on any atom is 0.235 e. The smallest absolute Gasteiger partial charge is 0.235 e. The summed E-state index contributed by atoms with van der Waals surface area (Å²) in [5.74, 6) is 2.05. The molecule has 5 rings (SSSR count). The van der Waals surface area contributed by atoms with Crippen LogP contribution in [-0.4, -0.2) is 43.4 Å². The van der Waals surface area contributed by atoms with Crippen LogP contribution in [0.15, 0.2) is 42.6 Å². The van der Waals surface area contributed by atoms with Crippen molar-refractivity contribution in [1.29, 1.82) is 0 Å². The van der Waals surface area contributed by atoms with Crippen molar-refractivity contribution < 1.29 is 9.47 Å². The lowest BCUT2D eigenvalue weighted by atomic mass is 10.2. The van der Waals surface area contributed by atoms with Crippen LogP contribution in [0.2, 0.25) is 0 Å². The van der Waals surface area contributed by atoms with E-state index in [9.17, 15) is 0 Å². The number of aryl methyl sites for hydroxylation is 1. The lowest BCUT2D eigenvalue weighted by Crippen LogP contribution is -1.96. The first-order valence-electron chi connectivity index (χ1n) is 9.24. The van der Waals surface area contributed by atoms with Gasteiger partial charge in [0.2, 0.25) is 10.8 Å². The molecule has 0 N–H and O–H groups in total. The van der Waals surface area contributed by atoms with Gasteiger partial charge in [-0.15, -0.1) is 10.2 Å². The summed E-state index contributed by atoms with van der Waals surface area (Å²) in [5.41, 5.74) is 3.62. The number of pyridine rings is 1. The van der Waals surface area contributed by atoms with Gasteiger partial charge in [0.25, 0.3) is 0 Å². The Balaban J connectivity index is 1.52. The van der Waals surface area contributed by atoms with E-state index >= 15 is 0 Å². The molecule has 0 aliphatic heterocycles. The Morgan fingerprint density at radius 2 is 1.87 bits per heavy atom. The van der Waals surface area contributed by atoms with Crippen LogP contribution in [-0.2, 0) is 0 Å². The van der Waals surface area contributed by atoms with Crippen LogP contribution < -0.4 is 9.47 Å². The molecule has 0 aliphatic rings. The fourth-order valence-corrected chi connectivity index (χ4v) is 4.09. The van der Waals surface area contributed by atoms with Gasteiger partial charge in [-0.2, -0.15) is 9.61 Å². The van der Waals surface area contributed by atoms with Gasteiger partial charge in [-0.25, -0.2) is 4.98 Å².